The molecule has 4 heteroatoms. The van der Waals surface area contributed by atoms with E-state index in [0.29, 0.717) is 11.8 Å². The van der Waals surface area contributed by atoms with Crippen LogP contribution in [0.25, 0.3) is 0 Å². The zero-order valence-corrected chi connectivity index (χ0v) is 11.4. The number of anilines is 1. The Balaban J connectivity index is 2.10. The average Bonchev–Trinajstić information content (AvgIpc) is 2.28. The normalized spacial score (nSPS) is 28.2. The van der Waals surface area contributed by atoms with Gasteiger partial charge in [0.25, 0.3) is 0 Å². The first-order valence-electron chi connectivity index (χ1n) is 6.38. The summed E-state index contributed by atoms with van der Waals surface area (Å²) in [4.78, 5) is 0. The minimum Gasteiger partial charge on any atom is -0.379 e. The molecule has 1 N–H and O–H groups in total. The van der Waals surface area contributed by atoms with Gasteiger partial charge in [0.15, 0.2) is 5.82 Å². The first-order chi connectivity index (χ1) is 8.47. The van der Waals surface area contributed by atoms with Crippen LogP contribution in [0.2, 0.25) is 5.02 Å². The quantitative estimate of drug-likeness (QED) is 0.812. The lowest BCUT2D eigenvalue weighted by molar-refractivity contribution is 0.260. The van der Waals surface area contributed by atoms with Crippen molar-refractivity contribution in [3.8, 4) is 0 Å². The molecule has 1 saturated carbocycles. The minimum atomic E-state index is -0.645. The van der Waals surface area contributed by atoms with Crippen molar-refractivity contribution in [1.82, 2.24) is 0 Å². The topological polar surface area (TPSA) is 12.0 Å². The Bertz CT molecular complexity index is 413. The van der Waals surface area contributed by atoms with Gasteiger partial charge < -0.3 is 5.32 Å². The lowest BCUT2D eigenvalue weighted by Crippen LogP contribution is -2.30. The molecule has 3 atom stereocenters. The van der Waals surface area contributed by atoms with Gasteiger partial charge in [-0.3, -0.25) is 0 Å². The fraction of sp³-hybridized carbons (Fsp3) is 0.571. The molecule has 1 aliphatic carbocycles. The summed E-state index contributed by atoms with van der Waals surface area (Å²) >= 11 is 5.88. The summed E-state index contributed by atoms with van der Waals surface area (Å²) in [6.45, 7) is 4.45. The van der Waals surface area contributed by atoms with Gasteiger partial charge >= 0.3 is 0 Å². The van der Waals surface area contributed by atoms with Gasteiger partial charge in [-0.2, -0.15) is 0 Å². The van der Waals surface area contributed by atoms with E-state index in [4.69, 9.17) is 11.6 Å². The maximum Gasteiger partial charge on any atom is 0.150 e. The molecule has 0 spiro atoms. The van der Waals surface area contributed by atoms with Crippen LogP contribution in [0.3, 0.4) is 0 Å². The van der Waals surface area contributed by atoms with Gasteiger partial charge in [-0.1, -0.05) is 25.4 Å². The first kappa shape index (κ1) is 13.6. The second-order valence-electron chi connectivity index (χ2n) is 5.35. The molecule has 1 aliphatic rings. The highest BCUT2D eigenvalue weighted by Crippen LogP contribution is 2.33. The highest BCUT2D eigenvalue weighted by molar-refractivity contribution is 6.33. The molecule has 0 saturated heterocycles. The zero-order valence-electron chi connectivity index (χ0n) is 10.6. The van der Waals surface area contributed by atoms with Gasteiger partial charge in [0.1, 0.15) is 5.82 Å². The summed E-state index contributed by atoms with van der Waals surface area (Å²) in [5.74, 6) is 0.0510. The van der Waals surface area contributed by atoms with Crippen LogP contribution in [0.15, 0.2) is 12.1 Å². The first-order valence-corrected chi connectivity index (χ1v) is 6.76. The second kappa shape index (κ2) is 5.43. The van der Waals surface area contributed by atoms with Crippen molar-refractivity contribution in [3.63, 3.8) is 0 Å². The van der Waals surface area contributed by atoms with Gasteiger partial charge in [0.05, 0.1) is 10.7 Å². The van der Waals surface area contributed by atoms with Crippen LogP contribution in [0.1, 0.15) is 33.1 Å². The third kappa shape index (κ3) is 2.94. The van der Waals surface area contributed by atoms with Crippen molar-refractivity contribution < 1.29 is 8.78 Å². The summed E-state index contributed by atoms with van der Waals surface area (Å²) in [7, 11) is 0. The molecular weight excluding hydrogens is 256 g/mol. The van der Waals surface area contributed by atoms with E-state index in [0.717, 1.165) is 31.4 Å². The maximum absolute atomic E-state index is 13.7. The Labute approximate surface area is 112 Å². The Hall–Kier alpha value is -0.830. The monoisotopic (exact) mass is 273 g/mol. The lowest BCUT2D eigenvalue weighted by atomic mass is 9.79. The zero-order chi connectivity index (χ0) is 13.3. The van der Waals surface area contributed by atoms with Gasteiger partial charge in [0.2, 0.25) is 0 Å². The van der Waals surface area contributed by atoms with Crippen LogP contribution in [0.5, 0.6) is 0 Å². The highest BCUT2D eigenvalue weighted by Gasteiger charge is 2.25. The summed E-state index contributed by atoms with van der Waals surface area (Å²) in [5.41, 5.74) is 0.227. The Morgan fingerprint density at radius 1 is 1.17 bits per heavy atom. The van der Waals surface area contributed by atoms with Crippen LogP contribution in [0, 0.1) is 23.5 Å². The fourth-order valence-electron chi connectivity index (χ4n) is 2.56. The molecule has 0 bridgehead atoms. The van der Waals surface area contributed by atoms with E-state index in [1.54, 1.807) is 0 Å². The van der Waals surface area contributed by atoms with Crippen LogP contribution in [-0.4, -0.2) is 6.04 Å². The smallest absolute Gasteiger partial charge is 0.150 e. The van der Waals surface area contributed by atoms with E-state index in [9.17, 15) is 8.78 Å². The predicted octanol–water partition coefficient (Wildman–Crippen LogP) is 4.85. The van der Waals surface area contributed by atoms with Crippen molar-refractivity contribution in [3.05, 3.63) is 28.8 Å². The average molecular weight is 274 g/mol. The molecule has 0 aromatic heterocycles. The van der Waals surface area contributed by atoms with Crippen molar-refractivity contribution in [1.29, 1.82) is 0 Å². The number of benzene rings is 1. The van der Waals surface area contributed by atoms with Crippen LogP contribution in [-0.2, 0) is 0 Å². The molecule has 0 radical (unpaired) electrons. The van der Waals surface area contributed by atoms with Crippen molar-refractivity contribution in [2.24, 2.45) is 11.8 Å². The third-order valence-corrected chi connectivity index (χ3v) is 4.25. The molecular formula is C14H18ClF2N. The lowest BCUT2D eigenvalue weighted by Gasteiger charge is -2.33. The number of nitrogens with one attached hydrogen (secondary N) is 1. The molecule has 3 unspecified atom stereocenters. The second-order valence-corrected chi connectivity index (χ2v) is 5.76. The fourth-order valence-corrected chi connectivity index (χ4v) is 2.81. The molecule has 100 valence electrons. The molecule has 1 aromatic rings. The SMILES string of the molecule is CC1CCC(Nc2c(F)cc(F)cc2Cl)CC1C. The van der Waals surface area contributed by atoms with E-state index in [1.165, 1.54) is 0 Å². The van der Waals surface area contributed by atoms with Crippen molar-refractivity contribution in [2.75, 3.05) is 5.32 Å². The van der Waals surface area contributed by atoms with Crippen molar-refractivity contribution in [2.45, 2.75) is 39.2 Å². The number of halogens is 3. The summed E-state index contributed by atoms with van der Waals surface area (Å²) in [5, 5.41) is 3.23. The van der Waals surface area contributed by atoms with E-state index in [2.05, 4.69) is 19.2 Å². The molecule has 1 nitrogen and oxygen atoms in total. The third-order valence-electron chi connectivity index (χ3n) is 3.95. The van der Waals surface area contributed by atoms with E-state index >= 15 is 0 Å². The van der Waals surface area contributed by atoms with E-state index < -0.39 is 11.6 Å². The standard InChI is InChI=1S/C14H18ClF2N/c1-8-3-4-11(5-9(8)2)18-14-12(15)6-10(16)7-13(14)17/h6-9,11,18H,3-5H2,1-2H3. The van der Waals surface area contributed by atoms with Crippen LogP contribution >= 0.6 is 11.6 Å². The summed E-state index contributed by atoms with van der Waals surface area (Å²) < 4.78 is 26.6. The number of rotatable bonds is 2. The molecule has 1 aromatic carbocycles. The van der Waals surface area contributed by atoms with Crippen LogP contribution < -0.4 is 5.32 Å². The van der Waals surface area contributed by atoms with E-state index in [1.807, 2.05) is 0 Å². The van der Waals surface area contributed by atoms with Gasteiger partial charge in [-0.05, 0) is 37.2 Å². The molecule has 2 rings (SSSR count). The number of hydrogen-bond acceptors (Lipinski definition) is 1. The molecule has 0 aliphatic heterocycles. The molecule has 0 amide bonds. The Morgan fingerprint density at radius 2 is 1.89 bits per heavy atom. The highest BCUT2D eigenvalue weighted by atomic mass is 35.5. The van der Waals surface area contributed by atoms with Gasteiger partial charge in [-0.15, -0.1) is 0 Å². The largest absolute Gasteiger partial charge is 0.379 e. The van der Waals surface area contributed by atoms with Gasteiger partial charge in [-0.25, -0.2) is 8.78 Å². The van der Waals surface area contributed by atoms with Crippen LogP contribution in [0.4, 0.5) is 14.5 Å². The predicted molar refractivity (Wildman–Crippen MR) is 71.0 cm³/mol. The minimum absolute atomic E-state index is 0.110. The molecule has 0 heterocycles. The Morgan fingerprint density at radius 3 is 2.50 bits per heavy atom. The van der Waals surface area contributed by atoms with Gasteiger partial charge in [0, 0.05) is 12.1 Å². The molecule has 18 heavy (non-hydrogen) atoms. The molecule has 1 fully saturated rings. The van der Waals surface area contributed by atoms with E-state index in [-0.39, 0.29) is 16.8 Å². The van der Waals surface area contributed by atoms with Crippen molar-refractivity contribution >= 4 is 17.3 Å². The maximum atomic E-state index is 13.7. The summed E-state index contributed by atoms with van der Waals surface area (Å²) in [6.07, 6.45) is 3.12. The number of hydrogen-bond donors (Lipinski definition) is 1. The Kier molecular flexibility index (Phi) is 4.10. The summed E-state index contributed by atoms with van der Waals surface area (Å²) in [6, 6.07) is 2.22.